The van der Waals surface area contributed by atoms with E-state index < -0.39 is 0 Å². The van der Waals surface area contributed by atoms with E-state index in [2.05, 4.69) is 52.3 Å². The van der Waals surface area contributed by atoms with E-state index in [0.717, 1.165) is 65.2 Å². The first-order valence-corrected chi connectivity index (χ1v) is 12.0. The van der Waals surface area contributed by atoms with Crippen molar-refractivity contribution in [3.8, 4) is 22.8 Å². The summed E-state index contributed by atoms with van der Waals surface area (Å²) in [6.45, 7) is 5.62. The largest absolute Gasteiger partial charge is 0.352 e. The molecule has 182 valence electrons. The monoisotopic (exact) mass is 482 g/mol. The van der Waals surface area contributed by atoms with Crippen molar-refractivity contribution in [2.24, 2.45) is 0 Å². The van der Waals surface area contributed by atoms with Gasteiger partial charge in [0, 0.05) is 55.9 Å². The summed E-state index contributed by atoms with van der Waals surface area (Å²) in [5.74, 6) is 1.49. The minimum absolute atomic E-state index is 0.0650. The zero-order chi connectivity index (χ0) is 24.6. The van der Waals surface area contributed by atoms with Gasteiger partial charge < -0.3 is 20.1 Å². The van der Waals surface area contributed by atoms with E-state index in [0.29, 0.717) is 23.6 Å². The van der Waals surface area contributed by atoms with Gasteiger partial charge in [-0.2, -0.15) is 5.10 Å². The summed E-state index contributed by atoms with van der Waals surface area (Å²) < 4.78 is 0. The fraction of sp³-hybridized carbons (Fsp3) is 0.280. The zero-order valence-electron chi connectivity index (χ0n) is 20.1. The summed E-state index contributed by atoms with van der Waals surface area (Å²) in [4.78, 5) is 38.2. The van der Waals surface area contributed by atoms with Crippen molar-refractivity contribution in [1.29, 1.82) is 0 Å². The highest BCUT2D eigenvalue weighted by molar-refractivity contribution is 5.96. The molecule has 36 heavy (non-hydrogen) atoms. The maximum Gasteiger partial charge on any atom is 0.224 e. The molecule has 6 rings (SSSR count). The van der Waals surface area contributed by atoms with E-state index >= 15 is 0 Å². The van der Waals surface area contributed by atoms with Crippen molar-refractivity contribution in [2.75, 3.05) is 43.4 Å². The summed E-state index contributed by atoms with van der Waals surface area (Å²) in [6.07, 6.45) is 7.32. The quantitative estimate of drug-likeness (QED) is 0.348. The first-order valence-electron chi connectivity index (χ1n) is 12.0. The molecule has 0 bridgehead atoms. The number of carbonyl (C=O) groups is 1. The SMILES string of the molecule is CCC(=O)Nc1cncc(-c2cc3c(-c4nc5c(N6CCN(C)CC6)nccc5[nH]4)n[nH]c3cn2)c1. The van der Waals surface area contributed by atoms with Crippen LogP contribution in [0.1, 0.15) is 13.3 Å². The van der Waals surface area contributed by atoms with Crippen LogP contribution in [-0.4, -0.2) is 79.2 Å². The van der Waals surface area contributed by atoms with Crippen LogP contribution in [0.5, 0.6) is 0 Å². The Kier molecular flexibility index (Phi) is 5.53. The molecule has 11 nitrogen and oxygen atoms in total. The lowest BCUT2D eigenvalue weighted by Crippen LogP contribution is -2.44. The number of piperazine rings is 1. The molecule has 1 saturated heterocycles. The van der Waals surface area contributed by atoms with Crippen molar-refractivity contribution in [2.45, 2.75) is 13.3 Å². The van der Waals surface area contributed by atoms with Crippen LogP contribution < -0.4 is 10.2 Å². The number of anilines is 2. The summed E-state index contributed by atoms with van der Waals surface area (Å²) in [5.41, 5.74) is 5.42. The van der Waals surface area contributed by atoms with Crippen LogP contribution >= 0.6 is 0 Å². The molecule has 1 aliphatic rings. The lowest BCUT2D eigenvalue weighted by molar-refractivity contribution is -0.115. The third-order valence-electron chi connectivity index (χ3n) is 6.49. The second-order valence-corrected chi connectivity index (χ2v) is 8.96. The molecule has 3 N–H and O–H groups in total. The van der Waals surface area contributed by atoms with E-state index in [4.69, 9.17) is 4.98 Å². The molecule has 5 aromatic heterocycles. The van der Waals surface area contributed by atoms with E-state index in [-0.39, 0.29) is 5.91 Å². The maximum absolute atomic E-state index is 11.8. The smallest absolute Gasteiger partial charge is 0.224 e. The van der Waals surface area contributed by atoms with E-state index in [1.165, 1.54) is 0 Å². The topological polar surface area (TPSA) is 132 Å². The minimum atomic E-state index is -0.0650. The molecule has 11 heteroatoms. The molecule has 1 fully saturated rings. The van der Waals surface area contributed by atoms with Gasteiger partial charge in [-0.3, -0.25) is 19.9 Å². The van der Waals surface area contributed by atoms with Crippen molar-refractivity contribution in [3.05, 3.63) is 43.0 Å². The summed E-state index contributed by atoms with van der Waals surface area (Å²) >= 11 is 0. The van der Waals surface area contributed by atoms with Gasteiger partial charge in [-0.05, 0) is 25.2 Å². The van der Waals surface area contributed by atoms with Crippen LogP contribution in [0.2, 0.25) is 0 Å². The third kappa shape index (κ3) is 4.03. The van der Waals surface area contributed by atoms with Gasteiger partial charge in [-0.25, -0.2) is 9.97 Å². The van der Waals surface area contributed by atoms with Crippen molar-refractivity contribution >= 4 is 39.3 Å². The summed E-state index contributed by atoms with van der Waals surface area (Å²) in [7, 11) is 2.14. The number of rotatable bonds is 5. The lowest BCUT2D eigenvalue weighted by Gasteiger charge is -2.33. The normalized spacial score (nSPS) is 14.6. The first kappa shape index (κ1) is 22.1. The predicted molar refractivity (Wildman–Crippen MR) is 139 cm³/mol. The van der Waals surface area contributed by atoms with Crippen molar-refractivity contribution < 1.29 is 4.79 Å². The maximum atomic E-state index is 11.8. The average Bonchev–Trinajstić information content (AvgIpc) is 3.53. The fourth-order valence-electron chi connectivity index (χ4n) is 4.44. The number of aromatic amines is 2. The number of carbonyl (C=O) groups excluding carboxylic acids is 1. The molecular formula is C25H26N10O. The number of pyridine rings is 3. The Labute approximate surface area is 207 Å². The van der Waals surface area contributed by atoms with Crippen LogP contribution in [0.25, 0.3) is 44.7 Å². The van der Waals surface area contributed by atoms with E-state index in [9.17, 15) is 4.79 Å². The Morgan fingerprint density at radius 1 is 1.08 bits per heavy atom. The number of aromatic nitrogens is 7. The van der Waals surface area contributed by atoms with Gasteiger partial charge in [0.1, 0.15) is 11.2 Å². The molecule has 0 aliphatic carbocycles. The number of hydrogen-bond donors (Lipinski definition) is 3. The Morgan fingerprint density at radius 3 is 2.78 bits per heavy atom. The van der Waals surface area contributed by atoms with E-state index in [1.54, 1.807) is 18.6 Å². The Morgan fingerprint density at radius 2 is 1.94 bits per heavy atom. The number of hydrogen-bond acceptors (Lipinski definition) is 8. The molecule has 0 spiro atoms. The standard InChI is InChI=1S/C25H26N10O/c1-3-21(36)29-16-10-15(12-26-13-16)19-11-17-20(14-28-19)32-33-22(17)24-30-18-4-5-27-25(23(18)31-24)35-8-6-34(2)7-9-35/h4-5,10-14H,3,6-9H2,1-2H3,(H,29,36)(H,30,31)(H,32,33). The molecule has 1 amide bonds. The lowest BCUT2D eigenvalue weighted by atomic mass is 10.1. The molecule has 6 heterocycles. The highest BCUT2D eigenvalue weighted by Gasteiger charge is 2.21. The zero-order valence-corrected chi connectivity index (χ0v) is 20.1. The second kappa shape index (κ2) is 9.00. The molecule has 1 aliphatic heterocycles. The average molecular weight is 483 g/mol. The van der Waals surface area contributed by atoms with Gasteiger partial charge in [0.05, 0.1) is 34.8 Å². The fourth-order valence-corrected chi connectivity index (χ4v) is 4.44. The number of likely N-dealkylation sites (N-methyl/N-ethyl adjacent to an activating group) is 1. The number of nitrogens with zero attached hydrogens (tertiary/aromatic N) is 7. The molecule has 0 unspecified atom stereocenters. The number of amides is 1. The molecule has 0 atom stereocenters. The highest BCUT2D eigenvalue weighted by atomic mass is 16.1. The van der Waals surface area contributed by atoms with Crippen molar-refractivity contribution in [3.63, 3.8) is 0 Å². The second-order valence-electron chi connectivity index (χ2n) is 8.96. The summed E-state index contributed by atoms with van der Waals surface area (Å²) in [5, 5.41) is 11.3. The van der Waals surface area contributed by atoms with Crippen LogP contribution in [0.3, 0.4) is 0 Å². The van der Waals surface area contributed by atoms with Crippen molar-refractivity contribution in [1.82, 2.24) is 40.0 Å². The van der Waals surface area contributed by atoms with Gasteiger partial charge in [-0.1, -0.05) is 6.92 Å². The molecule has 0 saturated carbocycles. The number of H-pyrrole nitrogens is 2. The molecule has 0 aromatic carbocycles. The molecule has 5 aromatic rings. The van der Waals surface area contributed by atoms with E-state index in [1.807, 2.05) is 31.3 Å². The Bertz CT molecular complexity index is 1560. The van der Waals surface area contributed by atoms with Crippen LogP contribution in [0, 0.1) is 0 Å². The third-order valence-corrected chi connectivity index (χ3v) is 6.49. The summed E-state index contributed by atoms with van der Waals surface area (Å²) in [6, 6.07) is 5.77. The number of imidazole rings is 1. The predicted octanol–water partition coefficient (Wildman–Crippen LogP) is 3.06. The Balaban J connectivity index is 1.38. The number of nitrogens with one attached hydrogen (secondary N) is 3. The number of fused-ring (bicyclic) bond motifs is 2. The van der Waals surface area contributed by atoms with Gasteiger partial charge >= 0.3 is 0 Å². The van der Waals surface area contributed by atoms with Crippen LogP contribution in [0.15, 0.2) is 43.0 Å². The van der Waals surface area contributed by atoms with Crippen LogP contribution in [0.4, 0.5) is 11.5 Å². The first-order chi connectivity index (χ1) is 17.6. The van der Waals surface area contributed by atoms with Gasteiger partial charge in [0.25, 0.3) is 0 Å². The van der Waals surface area contributed by atoms with Gasteiger partial charge in [0.2, 0.25) is 5.91 Å². The van der Waals surface area contributed by atoms with Crippen LogP contribution in [-0.2, 0) is 4.79 Å². The molecule has 0 radical (unpaired) electrons. The Hall–Kier alpha value is -4.38. The minimum Gasteiger partial charge on any atom is -0.352 e. The molecular weight excluding hydrogens is 456 g/mol. The van der Waals surface area contributed by atoms with Gasteiger partial charge in [-0.15, -0.1) is 0 Å². The highest BCUT2D eigenvalue weighted by Crippen LogP contribution is 2.31. The van der Waals surface area contributed by atoms with Gasteiger partial charge in [0.15, 0.2) is 11.6 Å².